The molecule has 30 heavy (non-hydrogen) atoms. The summed E-state index contributed by atoms with van der Waals surface area (Å²) in [6.07, 6.45) is 0.289. The standard InChI is InChI=1S/C21H19BrN2O5S/c1-4-15(25)18-11(3)17(21(27)28-5-2)20(30-18)23-19(26)14-10-16(29-24-14)12-6-8-13(22)9-7-12/h6-10H,4-5H2,1-3H3,(H,23,26). The Bertz CT molecular complexity index is 1100. The fraction of sp³-hybridized carbons (Fsp3) is 0.238. The van der Waals surface area contributed by atoms with E-state index in [-0.39, 0.29) is 35.1 Å². The van der Waals surface area contributed by atoms with Crippen molar-refractivity contribution < 1.29 is 23.6 Å². The molecule has 3 rings (SSSR count). The molecule has 7 nitrogen and oxygen atoms in total. The first kappa shape index (κ1) is 21.9. The summed E-state index contributed by atoms with van der Waals surface area (Å²) in [5.74, 6) is -0.818. The Kier molecular flexibility index (Phi) is 6.84. The number of nitrogens with zero attached hydrogens (tertiary/aromatic N) is 1. The molecule has 2 heterocycles. The second-order valence-electron chi connectivity index (χ2n) is 6.29. The van der Waals surface area contributed by atoms with E-state index in [1.165, 1.54) is 6.07 Å². The molecule has 0 unspecified atom stereocenters. The molecule has 2 aromatic heterocycles. The third kappa shape index (κ3) is 4.52. The molecule has 3 aromatic rings. The highest BCUT2D eigenvalue weighted by molar-refractivity contribution is 9.10. The van der Waals surface area contributed by atoms with E-state index < -0.39 is 11.9 Å². The summed E-state index contributed by atoms with van der Waals surface area (Å²) in [5, 5.41) is 6.75. The van der Waals surface area contributed by atoms with Crippen molar-refractivity contribution in [1.82, 2.24) is 5.16 Å². The third-order valence-electron chi connectivity index (χ3n) is 4.30. The lowest BCUT2D eigenvalue weighted by molar-refractivity contribution is 0.0527. The van der Waals surface area contributed by atoms with E-state index in [4.69, 9.17) is 9.26 Å². The number of hydrogen-bond donors (Lipinski definition) is 1. The van der Waals surface area contributed by atoms with Crippen molar-refractivity contribution in [3.8, 4) is 11.3 Å². The summed E-state index contributed by atoms with van der Waals surface area (Å²) in [6.45, 7) is 5.28. The molecule has 0 aliphatic heterocycles. The van der Waals surface area contributed by atoms with Crippen LogP contribution in [0, 0.1) is 6.92 Å². The molecule has 0 saturated carbocycles. The molecule has 0 spiro atoms. The summed E-state index contributed by atoms with van der Waals surface area (Å²) >= 11 is 4.42. The summed E-state index contributed by atoms with van der Waals surface area (Å²) in [6, 6.07) is 8.88. The second-order valence-corrected chi connectivity index (χ2v) is 8.23. The molecule has 1 N–H and O–H groups in total. The topological polar surface area (TPSA) is 98.5 Å². The number of amides is 1. The van der Waals surface area contributed by atoms with E-state index in [0.29, 0.717) is 16.2 Å². The van der Waals surface area contributed by atoms with Gasteiger partial charge in [0.25, 0.3) is 5.91 Å². The van der Waals surface area contributed by atoms with Gasteiger partial charge >= 0.3 is 5.97 Å². The lowest BCUT2D eigenvalue weighted by Crippen LogP contribution is -2.15. The average Bonchev–Trinajstić information content (AvgIpc) is 3.33. The van der Waals surface area contributed by atoms with Gasteiger partial charge in [0.2, 0.25) is 0 Å². The van der Waals surface area contributed by atoms with Gasteiger partial charge in [0.15, 0.2) is 17.2 Å². The summed E-state index contributed by atoms with van der Waals surface area (Å²) in [4.78, 5) is 37.8. The van der Waals surface area contributed by atoms with E-state index in [0.717, 1.165) is 21.4 Å². The zero-order valence-corrected chi connectivity index (χ0v) is 19.0. The normalized spacial score (nSPS) is 10.7. The van der Waals surface area contributed by atoms with E-state index in [2.05, 4.69) is 26.4 Å². The number of thiophene rings is 1. The number of benzene rings is 1. The van der Waals surface area contributed by atoms with Crippen LogP contribution in [0.4, 0.5) is 5.00 Å². The number of halogens is 1. The zero-order valence-electron chi connectivity index (χ0n) is 16.6. The quantitative estimate of drug-likeness (QED) is 0.347. The number of ether oxygens (including phenoxy) is 1. The van der Waals surface area contributed by atoms with Gasteiger partial charge in [0.1, 0.15) is 5.00 Å². The number of esters is 1. The van der Waals surface area contributed by atoms with Gasteiger partial charge in [0, 0.05) is 22.5 Å². The molecule has 0 saturated heterocycles. The van der Waals surface area contributed by atoms with Crippen LogP contribution in [-0.4, -0.2) is 29.4 Å². The van der Waals surface area contributed by atoms with Gasteiger partial charge < -0.3 is 14.6 Å². The molecule has 0 bridgehead atoms. The molecule has 0 fully saturated rings. The molecular weight excluding hydrogens is 472 g/mol. The summed E-state index contributed by atoms with van der Waals surface area (Å²) < 4.78 is 11.3. The molecule has 0 atom stereocenters. The Balaban J connectivity index is 1.90. The van der Waals surface area contributed by atoms with Crippen molar-refractivity contribution in [2.45, 2.75) is 27.2 Å². The van der Waals surface area contributed by atoms with Gasteiger partial charge in [-0.3, -0.25) is 9.59 Å². The van der Waals surface area contributed by atoms with Crippen molar-refractivity contribution in [3.63, 3.8) is 0 Å². The third-order valence-corrected chi connectivity index (χ3v) is 6.08. The van der Waals surface area contributed by atoms with Crippen molar-refractivity contribution in [1.29, 1.82) is 0 Å². The molecular formula is C21H19BrN2O5S. The second kappa shape index (κ2) is 9.36. The molecule has 1 aromatic carbocycles. The lowest BCUT2D eigenvalue weighted by atomic mass is 10.1. The SMILES string of the molecule is CCOC(=O)c1c(NC(=O)c2cc(-c3ccc(Br)cc3)on2)sc(C(=O)CC)c1C. The summed E-state index contributed by atoms with van der Waals surface area (Å²) in [5.41, 5.74) is 1.50. The highest BCUT2D eigenvalue weighted by Gasteiger charge is 2.27. The molecule has 0 aliphatic rings. The first-order chi connectivity index (χ1) is 14.3. The highest BCUT2D eigenvalue weighted by atomic mass is 79.9. The van der Waals surface area contributed by atoms with Crippen LogP contribution >= 0.6 is 27.3 Å². The number of carbonyl (C=O) groups excluding carboxylic acids is 3. The maximum atomic E-state index is 12.7. The minimum absolute atomic E-state index is 0.0529. The monoisotopic (exact) mass is 490 g/mol. The average molecular weight is 491 g/mol. The lowest BCUT2D eigenvalue weighted by Gasteiger charge is -2.05. The van der Waals surface area contributed by atoms with Gasteiger partial charge in [-0.25, -0.2) is 4.79 Å². The van der Waals surface area contributed by atoms with Gasteiger partial charge in [-0.2, -0.15) is 0 Å². The number of aromatic nitrogens is 1. The van der Waals surface area contributed by atoms with Gasteiger partial charge in [-0.15, -0.1) is 11.3 Å². The fourth-order valence-electron chi connectivity index (χ4n) is 2.78. The Morgan fingerprint density at radius 3 is 2.53 bits per heavy atom. The Morgan fingerprint density at radius 1 is 1.20 bits per heavy atom. The van der Waals surface area contributed by atoms with E-state index in [1.807, 2.05) is 24.3 Å². The molecule has 156 valence electrons. The number of ketones is 1. The van der Waals surface area contributed by atoms with Gasteiger partial charge in [-0.1, -0.05) is 40.1 Å². The number of carbonyl (C=O) groups is 3. The number of nitrogens with one attached hydrogen (secondary N) is 1. The van der Waals surface area contributed by atoms with Crippen molar-refractivity contribution in [2.75, 3.05) is 11.9 Å². The van der Waals surface area contributed by atoms with Gasteiger partial charge in [-0.05, 0) is 31.5 Å². The molecule has 0 aliphatic carbocycles. The fourth-order valence-corrected chi connectivity index (χ4v) is 4.24. The van der Waals surface area contributed by atoms with Crippen LogP contribution in [0.2, 0.25) is 0 Å². The molecule has 0 radical (unpaired) electrons. The minimum atomic E-state index is -0.590. The first-order valence-corrected chi connectivity index (χ1v) is 10.8. The van der Waals surface area contributed by atoms with Crippen LogP contribution in [0.1, 0.15) is 56.3 Å². The van der Waals surface area contributed by atoms with Crippen LogP contribution in [0.5, 0.6) is 0 Å². The van der Waals surface area contributed by atoms with E-state index in [1.54, 1.807) is 20.8 Å². The number of anilines is 1. The van der Waals surface area contributed by atoms with Crippen LogP contribution in [-0.2, 0) is 4.74 Å². The maximum Gasteiger partial charge on any atom is 0.341 e. The molecule has 1 amide bonds. The van der Waals surface area contributed by atoms with Crippen molar-refractivity contribution in [2.24, 2.45) is 0 Å². The van der Waals surface area contributed by atoms with Crippen LogP contribution in [0.3, 0.4) is 0 Å². The van der Waals surface area contributed by atoms with Crippen LogP contribution in [0.15, 0.2) is 39.3 Å². The van der Waals surface area contributed by atoms with Crippen molar-refractivity contribution in [3.05, 3.63) is 56.5 Å². The predicted molar refractivity (Wildman–Crippen MR) is 117 cm³/mol. The first-order valence-electron chi connectivity index (χ1n) is 9.23. The Morgan fingerprint density at radius 2 is 1.90 bits per heavy atom. The Labute approximate surface area is 185 Å². The van der Waals surface area contributed by atoms with E-state index >= 15 is 0 Å². The highest BCUT2D eigenvalue weighted by Crippen LogP contribution is 2.35. The Hall–Kier alpha value is -2.78. The maximum absolute atomic E-state index is 12.7. The number of hydrogen-bond acceptors (Lipinski definition) is 7. The number of rotatable bonds is 7. The minimum Gasteiger partial charge on any atom is -0.462 e. The van der Waals surface area contributed by atoms with E-state index in [9.17, 15) is 14.4 Å². The number of Topliss-reactive ketones (excluding diaryl/α,β-unsaturated/α-hetero) is 1. The predicted octanol–water partition coefficient (Wildman–Crippen LogP) is 5.50. The smallest absolute Gasteiger partial charge is 0.341 e. The van der Waals surface area contributed by atoms with Crippen molar-refractivity contribution >= 4 is 49.9 Å². The zero-order chi connectivity index (χ0) is 21.8. The van der Waals surface area contributed by atoms with Gasteiger partial charge in [0.05, 0.1) is 17.0 Å². The van der Waals surface area contributed by atoms with Crippen LogP contribution < -0.4 is 5.32 Å². The van der Waals surface area contributed by atoms with Crippen LogP contribution in [0.25, 0.3) is 11.3 Å². The largest absolute Gasteiger partial charge is 0.462 e. The molecule has 9 heteroatoms. The summed E-state index contributed by atoms with van der Waals surface area (Å²) in [7, 11) is 0.